The Kier molecular flexibility index (Phi) is 18.6. The van der Waals surface area contributed by atoms with Crippen LogP contribution in [0.15, 0.2) is 78.1 Å². The molecule has 6 aromatic rings. The molecule has 396 valence electrons. The fourth-order valence-corrected chi connectivity index (χ4v) is 10.3. The quantitative estimate of drug-likeness (QED) is 0.100. The van der Waals surface area contributed by atoms with Gasteiger partial charge in [0.1, 0.15) is 0 Å². The summed E-state index contributed by atoms with van der Waals surface area (Å²) in [6, 6.07) is 10.6. The zero-order valence-electron chi connectivity index (χ0n) is 43.0. The van der Waals surface area contributed by atoms with Gasteiger partial charge < -0.3 is 53.4 Å². The Hall–Kier alpha value is -6.35. The standard InChI is InChI=1S/C26H31FN6O3.C22H23BrFN5O2.C5H10O.ClH/c1-16(22-11-24(36-4)21(27)12-30-22)33-7-5-19-20(25(33)34)9-17(13-31-8-6-29-26(31)28-2)10-23(19)32-14-18(15-32)35-3;1-13(19-10-20(31-3)18(24)11-27-19)29-6-4-15-16(21(29)30)8-14(9-17(15)23)12-28-7-5-26-22(28)25-2;1-6-5-3-2-4-5;/h6,8-12,16,18H,5,7,13-15H2,1-4H3,(H,28,29);5,7-11,13H,4,6,12H2,1-3H3,(H,25,26);5H,2-4H2,1H3;1H/t16-;;;/m0.../s1. The van der Waals surface area contributed by atoms with Gasteiger partial charge >= 0.3 is 0 Å². The normalized spacial score (nSPS) is 16.0. The zero-order valence-corrected chi connectivity index (χ0v) is 45.4. The molecule has 2 fully saturated rings. The van der Waals surface area contributed by atoms with E-state index in [0.29, 0.717) is 54.8 Å². The maximum absolute atomic E-state index is 13.9. The fraction of sp³-hybridized carbons (Fsp3) is 0.434. The Balaban J connectivity index is 0.000000193. The van der Waals surface area contributed by atoms with Gasteiger partial charge in [-0.15, -0.1) is 12.4 Å². The summed E-state index contributed by atoms with van der Waals surface area (Å²) in [5.41, 5.74) is 7.69. The van der Waals surface area contributed by atoms with Crippen LogP contribution in [-0.4, -0.2) is 132 Å². The summed E-state index contributed by atoms with van der Waals surface area (Å²) in [4.78, 5) is 50.1. The molecule has 2 atom stereocenters. The third-order valence-electron chi connectivity index (χ3n) is 14.1. The van der Waals surface area contributed by atoms with Crippen molar-refractivity contribution in [3.8, 4) is 11.5 Å². The number of benzene rings is 2. The summed E-state index contributed by atoms with van der Waals surface area (Å²) in [7, 11) is 10.00. The number of methoxy groups -OCH3 is 4. The largest absolute Gasteiger partial charge is 0.494 e. The van der Waals surface area contributed by atoms with Gasteiger partial charge in [0.25, 0.3) is 11.8 Å². The summed E-state index contributed by atoms with van der Waals surface area (Å²) in [5.74, 6) is 0.577. The summed E-state index contributed by atoms with van der Waals surface area (Å²) < 4.78 is 53.3. The Morgan fingerprint density at radius 3 is 1.58 bits per heavy atom. The Morgan fingerprint density at radius 1 is 0.676 bits per heavy atom. The maximum atomic E-state index is 13.9. The molecule has 7 heterocycles. The Labute approximate surface area is 445 Å². The molecule has 4 aromatic heterocycles. The van der Waals surface area contributed by atoms with Gasteiger partial charge in [0.15, 0.2) is 23.1 Å². The predicted molar refractivity (Wildman–Crippen MR) is 285 cm³/mol. The number of carbonyl (C=O) groups excluding carboxylic acids is 2. The minimum absolute atomic E-state index is 0. The van der Waals surface area contributed by atoms with E-state index in [2.05, 4.69) is 63.5 Å². The number of pyridine rings is 2. The first-order valence-corrected chi connectivity index (χ1v) is 25.2. The maximum Gasteiger partial charge on any atom is 0.254 e. The number of amides is 2. The summed E-state index contributed by atoms with van der Waals surface area (Å²) >= 11 is 3.65. The number of carbonyl (C=O) groups is 2. The first kappa shape index (κ1) is 55.4. The van der Waals surface area contributed by atoms with Crippen LogP contribution in [0, 0.1) is 11.6 Å². The molecule has 17 nitrogen and oxygen atoms in total. The highest BCUT2D eigenvalue weighted by Gasteiger charge is 2.36. The van der Waals surface area contributed by atoms with Crippen LogP contribution in [0.2, 0.25) is 0 Å². The lowest BCUT2D eigenvalue weighted by atomic mass is 9.91. The van der Waals surface area contributed by atoms with Crippen molar-refractivity contribution in [1.82, 2.24) is 38.9 Å². The van der Waals surface area contributed by atoms with Crippen molar-refractivity contribution in [2.45, 2.75) is 83.3 Å². The second kappa shape index (κ2) is 24.8. The predicted octanol–water partition coefficient (Wildman–Crippen LogP) is 8.76. The number of ether oxygens (including phenoxy) is 4. The smallest absolute Gasteiger partial charge is 0.254 e. The van der Waals surface area contributed by atoms with Crippen molar-refractivity contribution in [2.24, 2.45) is 0 Å². The molecule has 10 rings (SSSR count). The Bertz CT molecular complexity index is 2910. The average molecular weight is 1110 g/mol. The number of halogens is 4. The van der Waals surface area contributed by atoms with E-state index >= 15 is 0 Å². The van der Waals surface area contributed by atoms with Crippen LogP contribution in [0.3, 0.4) is 0 Å². The van der Waals surface area contributed by atoms with E-state index in [9.17, 15) is 18.4 Å². The summed E-state index contributed by atoms with van der Waals surface area (Å²) in [5, 5.41) is 6.16. The van der Waals surface area contributed by atoms with Crippen LogP contribution >= 0.6 is 28.3 Å². The van der Waals surface area contributed by atoms with E-state index in [0.717, 1.165) is 82.6 Å². The zero-order chi connectivity index (χ0) is 51.9. The van der Waals surface area contributed by atoms with E-state index in [1.165, 1.54) is 33.5 Å². The van der Waals surface area contributed by atoms with E-state index in [1.54, 1.807) is 48.5 Å². The number of hydrogen-bond acceptors (Lipinski definition) is 13. The van der Waals surface area contributed by atoms with Gasteiger partial charge in [-0.1, -0.05) is 15.9 Å². The van der Waals surface area contributed by atoms with Gasteiger partial charge in [0, 0.05) is 113 Å². The number of rotatable bonds is 15. The lowest BCUT2D eigenvalue weighted by Gasteiger charge is -2.43. The number of nitrogens with zero attached hydrogens (tertiary/aromatic N) is 9. The highest BCUT2D eigenvalue weighted by Crippen LogP contribution is 2.38. The molecule has 2 amide bonds. The number of hydrogen-bond donors (Lipinski definition) is 2. The molecule has 2 N–H and O–H groups in total. The van der Waals surface area contributed by atoms with Crippen LogP contribution in [0.25, 0.3) is 0 Å². The van der Waals surface area contributed by atoms with Crippen molar-refractivity contribution in [1.29, 1.82) is 0 Å². The van der Waals surface area contributed by atoms with Gasteiger partial charge in [0.2, 0.25) is 11.9 Å². The van der Waals surface area contributed by atoms with Gasteiger partial charge in [-0.2, -0.15) is 0 Å². The molecule has 1 unspecified atom stereocenters. The second-order valence-corrected chi connectivity index (χ2v) is 19.2. The second-order valence-electron chi connectivity index (χ2n) is 18.4. The van der Waals surface area contributed by atoms with Crippen molar-refractivity contribution < 1.29 is 37.3 Å². The Morgan fingerprint density at radius 2 is 1.15 bits per heavy atom. The van der Waals surface area contributed by atoms with Crippen LogP contribution in [0.5, 0.6) is 11.5 Å². The number of anilines is 3. The minimum Gasteiger partial charge on any atom is -0.494 e. The molecule has 21 heteroatoms. The number of imidazole rings is 2. The van der Waals surface area contributed by atoms with Crippen molar-refractivity contribution in [3.63, 3.8) is 0 Å². The molecular weight excluding hydrogens is 1040 g/mol. The lowest BCUT2D eigenvalue weighted by molar-refractivity contribution is 0.0412. The molecule has 1 aliphatic carbocycles. The average Bonchev–Trinajstić information content (AvgIpc) is 4.03. The highest BCUT2D eigenvalue weighted by molar-refractivity contribution is 9.10. The number of fused-ring (bicyclic) bond motifs is 2. The first-order chi connectivity index (χ1) is 35.3. The molecule has 1 saturated heterocycles. The van der Waals surface area contributed by atoms with Crippen LogP contribution in [-0.2, 0) is 35.4 Å². The van der Waals surface area contributed by atoms with E-state index in [4.69, 9.17) is 18.9 Å². The van der Waals surface area contributed by atoms with Crippen LogP contribution < -0.4 is 25.0 Å². The molecule has 2 aromatic carbocycles. The summed E-state index contributed by atoms with van der Waals surface area (Å²) in [6.45, 7) is 7.67. The molecule has 0 bridgehead atoms. The number of nitrogens with one attached hydrogen (secondary N) is 2. The van der Waals surface area contributed by atoms with Gasteiger partial charge in [-0.25, -0.2) is 18.7 Å². The van der Waals surface area contributed by atoms with Gasteiger partial charge in [-0.3, -0.25) is 19.6 Å². The third-order valence-corrected chi connectivity index (χ3v) is 14.8. The third kappa shape index (κ3) is 11.9. The fourth-order valence-electron chi connectivity index (χ4n) is 9.56. The van der Waals surface area contributed by atoms with Gasteiger partial charge in [-0.05, 0) is 92.5 Å². The first-order valence-electron chi connectivity index (χ1n) is 24.5. The van der Waals surface area contributed by atoms with Crippen molar-refractivity contribution >= 4 is 57.7 Å². The molecule has 74 heavy (non-hydrogen) atoms. The van der Waals surface area contributed by atoms with E-state index in [-0.39, 0.29) is 53.9 Å². The summed E-state index contributed by atoms with van der Waals surface area (Å²) in [6.07, 6.45) is 15.8. The molecule has 0 spiro atoms. The lowest BCUT2D eigenvalue weighted by Crippen LogP contribution is -2.52. The highest BCUT2D eigenvalue weighted by atomic mass is 79.9. The SMILES string of the molecule is CNc1nccn1Cc1cc(Br)c2c(c1)C(=O)N(C(C)c1cc(OC)c(F)cn1)CC2.CNc1nccn1Cc1cc2c(c(N3CC(OC)C3)c1)CCN([C@@H](C)c1cc(OC)c(F)cn1)C2=O.COC1CCC1.Cl. The topological polar surface area (TPSA) is 166 Å². The van der Waals surface area contributed by atoms with E-state index < -0.39 is 11.6 Å². The van der Waals surface area contributed by atoms with Crippen molar-refractivity contribution in [3.05, 3.63) is 134 Å². The number of aromatic nitrogens is 6. The monoisotopic (exact) mass is 1100 g/mol. The molecular formula is C53H65BrClF2N11O6. The minimum atomic E-state index is -0.526. The molecule has 4 aliphatic rings. The van der Waals surface area contributed by atoms with Crippen LogP contribution in [0.4, 0.5) is 26.4 Å². The van der Waals surface area contributed by atoms with Crippen LogP contribution in [0.1, 0.15) is 99.6 Å². The molecule has 0 radical (unpaired) electrons. The van der Waals surface area contributed by atoms with Crippen molar-refractivity contribution in [2.75, 3.05) is 84.2 Å². The van der Waals surface area contributed by atoms with E-state index in [1.807, 2.05) is 61.6 Å². The molecule has 1 saturated carbocycles. The molecule has 3 aliphatic heterocycles. The van der Waals surface area contributed by atoms with Gasteiger partial charge in [0.05, 0.1) is 75.4 Å².